The van der Waals surface area contributed by atoms with Crippen LogP contribution in [0.2, 0.25) is 0 Å². The summed E-state index contributed by atoms with van der Waals surface area (Å²) in [5.41, 5.74) is 13.7. The van der Waals surface area contributed by atoms with Crippen molar-refractivity contribution >= 4 is 120 Å². The van der Waals surface area contributed by atoms with Crippen LogP contribution in [-0.2, 0) is 22.4 Å². The average molecular weight is 854 g/mol. The molecule has 5 heterocycles. The lowest BCUT2D eigenvalue weighted by atomic mass is 10.0. The highest BCUT2D eigenvalue weighted by molar-refractivity contribution is 9.11. The van der Waals surface area contributed by atoms with Crippen molar-refractivity contribution in [3.63, 3.8) is 0 Å². The maximum atomic E-state index is 11.7. The SMILES string of the molecule is CC1=C(C)c2nc1c(Br)c1nc(c(Br)c3[nH]c(c(CCC(=O)O)c3C)c(Br)c3[nH]c(c(C)c3CCC(=O)O)c2Br)C(C)=C1C. The van der Waals surface area contributed by atoms with E-state index < -0.39 is 11.9 Å². The third-order valence-corrected chi connectivity index (χ3v) is 11.7. The number of aromatic amines is 2. The van der Waals surface area contributed by atoms with Gasteiger partial charge in [-0.1, -0.05) is 0 Å². The number of carboxylic acid groups (broad SMARTS) is 2. The lowest BCUT2D eigenvalue weighted by Crippen LogP contribution is -1.99. The fraction of sp³-hybridized carbons (Fsp3) is 0.312. The smallest absolute Gasteiger partial charge is 0.303 e. The number of hydrogen-bond donors (Lipinski definition) is 4. The summed E-state index contributed by atoms with van der Waals surface area (Å²) in [6, 6.07) is 0. The minimum absolute atomic E-state index is 0.0501. The molecule has 0 saturated heterocycles. The van der Waals surface area contributed by atoms with Crippen LogP contribution < -0.4 is 0 Å². The highest BCUT2D eigenvalue weighted by Crippen LogP contribution is 2.44. The highest BCUT2D eigenvalue weighted by atomic mass is 79.9. The van der Waals surface area contributed by atoms with E-state index >= 15 is 0 Å². The van der Waals surface area contributed by atoms with Crippen LogP contribution in [0.15, 0.2) is 17.9 Å². The summed E-state index contributed by atoms with van der Waals surface area (Å²) in [4.78, 5) is 40.6. The zero-order valence-corrected chi connectivity index (χ0v) is 31.3. The monoisotopic (exact) mass is 850 g/mol. The van der Waals surface area contributed by atoms with E-state index in [0.29, 0.717) is 17.3 Å². The number of hydrogen-bond acceptors (Lipinski definition) is 4. The number of aliphatic carboxylic acids is 2. The Hall–Kier alpha value is -2.54. The van der Waals surface area contributed by atoms with Crippen LogP contribution in [-0.4, -0.2) is 42.1 Å². The predicted octanol–water partition coefficient (Wildman–Crippen LogP) is 9.92. The Balaban J connectivity index is 2.08. The molecule has 4 N–H and O–H groups in total. The van der Waals surface area contributed by atoms with Gasteiger partial charge in [-0.05, 0) is 163 Å². The number of allylic oxidation sites excluding steroid dienone is 4. The second-order valence-corrected chi connectivity index (χ2v) is 14.3. The fourth-order valence-corrected chi connectivity index (χ4v) is 8.78. The maximum Gasteiger partial charge on any atom is 0.303 e. The van der Waals surface area contributed by atoms with Crippen LogP contribution in [0, 0.1) is 13.8 Å². The Bertz CT molecular complexity index is 1890. The standard InChI is InChI=1S/C32H30Br4N4O4/c1-11-13(3)27-22(34)29-15(5)17(7-9-19(41)42)31(39-29)24(36)32-18(8-10-20(43)44)16(6)30(40-32)23(35)28-14(4)12(2)26(38-28)21(33)25(11)37-27/h39-40H,7-10H2,1-6H3,(H,41,42)(H,43,44). The van der Waals surface area contributed by atoms with Gasteiger partial charge in [0.25, 0.3) is 0 Å². The molecule has 8 bridgehead atoms. The lowest BCUT2D eigenvalue weighted by Gasteiger charge is -2.03. The van der Waals surface area contributed by atoms with Crippen molar-refractivity contribution in [1.29, 1.82) is 0 Å². The van der Waals surface area contributed by atoms with Crippen molar-refractivity contribution in [2.45, 2.75) is 67.2 Å². The number of H-pyrrole nitrogens is 2. The highest BCUT2D eigenvalue weighted by Gasteiger charge is 2.26. The first-order valence-electron chi connectivity index (χ1n) is 13.9. The largest absolute Gasteiger partial charge is 0.481 e. The summed E-state index contributed by atoms with van der Waals surface area (Å²) in [5.74, 6) is -1.79. The molecule has 0 radical (unpaired) electrons. The van der Waals surface area contributed by atoms with Gasteiger partial charge in [-0.2, -0.15) is 0 Å². The molecule has 5 rings (SSSR count). The van der Waals surface area contributed by atoms with Gasteiger partial charge in [0, 0.05) is 12.8 Å². The average Bonchev–Trinajstić information content (AvgIpc) is 3.66. The van der Waals surface area contributed by atoms with Gasteiger partial charge in [-0.3, -0.25) is 9.59 Å². The summed E-state index contributed by atoms with van der Waals surface area (Å²) in [7, 11) is 0. The maximum absolute atomic E-state index is 11.7. The molecule has 230 valence electrons. The number of nitrogens with one attached hydrogen (secondary N) is 2. The summed E-state index contributed by atoms with van der Waals surface area (Å²) in [6.07, 6.45) is 0.492. The minimum Gasteiger partial charge on any atom is -0.481 e. The van der Waals surface area contributed by atoms with Gasteiger partial charge >= 0.3 is 11.9 Å². The molecule has 44 heavy (non-hydrogen) atoms. The Morgan fingerprint density at radius 2 is 0.864 bits per heavy atom. The van der Waals surface area contributed by atoms with Crippen molar-refractivity contribution in [1.82, 2.24) is 19.9 Å². The number of carboxylic acids is 2. The second-order valence-electron chi connectivity index (χ2n) is 11.1. The van der Waals surface area contributed by atoms with Crippen molar-refractivity contribution in [2.75, 3.05) is 0 Å². The molecule has 0 fully saturated rings. The van der Waals surface area contributed by atoms with Gasteiger partial charge in [0.1, 0.15) is 0 Å². The quantitative estimate of drug-likeness (QED) is 0.195. The number of fused-ring (bicyclic) bond motifs is 8. The Morgan fingerprint density at radius 1 is 0.545 bits per heavy atom. The Kier molecular flexibility index (Phi) is 9.21. The molecule has 12 heteroatoms. The van der Waals surface area contributed by atoms with Crippen molar-refractivity contribution in [3.8, 4) is 0 Å². The zero-order valence-electron chi connectivity index (χ0n) is 24.9. The van der Waals surface area contributed by atoms with Crippen LogP contribution in [0.3, 0.4) is 0 Å². The summed E-state index contributed by atoms with van der Waals surface area (Å²) in [6.45, 7) is 12.1. The van der Waals surface area contributed by atoms with Crippen LogP contribution in [0.4, 0.5) is 0 Å². The number of nitrogens with zero attached hydrogens (tertiary/aromatic N) is 2. The number of rotatable bonds is 6. The minimum atomic E-state index is -0.893. The molecule has 2 aliphatic rings. The predicted molar refractivity (Wildman–Crippen MR) is 190 cm³/mol. The van der Waals surface area contributed by atoms with Crippen LogP contribution in [0.1, 0.15) is 85.6 Å². The number of carbonyl (C=O) groups is 2. The fourth-order valence-electron chi connectivity index (χ4n) is 5.77. The molecular weight excluding hydrogens is 824 g/mol. The van der Waals surface area contributed by atoms with Gasteiger partial charge in [-0.25, -0.2) is 9.97 Å². The first-order chi connectivity index (χ1) is 20.6. The lowest BCUT2D eigenvalue weighted by molar-refractivity contribution is -0.138. The first-order valence-corrected chi connectivity index (χ1v) is 17.1. The topological polar surface area (TPSA) is 132 Å². The van der Waals surface area contributed by atoms with E-state index in [1.165, 1.54) is 0 Å². The van der Waals surface area contributed by atoms with Gasteiger partial charge in [0.15, 0.2) is 0 Å². The van der Waals surface area contributed by atoms with Gasteiger partial charge in [-0.15, -0.1) is 0 Å². The molecular formula is C32H30Br4N4O4. The van der Waals surface area contributed by atoms with Crippen LogP contribution in [0.25, 0.3) is 44.4 Å². The van der Waals surface area contributed by atoms with Crippen LogP contribution >= 0.6 is 63.7 Å². The van der Waals surface area contributed by atoms with Crippen molar-refractivity contribution in [3.05, 3.63) is 62.9 Å². The molecule has 0 aliphatic carbocycles. The molecule has 0 unspecified atom stereocenters. The van der Waals surface area contributed by atoms with Crippen molar-refractivity contribution < 1.29 is 19.8 Å². The van der Waals surface area contributed by atoms with E-state index in [2.05, 4.69) is 73.7 Å². The third kappa shape index (κ3) is 5.45. The molecule has 0 amide bonds. The first kappa shape index (κ1) is 32.8. The Labute approximate surface area is 288 Å². The normalized spacial score (nSPS) is 13.3. The van der Waals surface area contributed by atoms with Gasteiger partial charge < -0.3 is 20.2 Å². The van der Waals surface area contributed by atoms with Crippen molar-refractivity contribution in [2.24, 2.45) is 0 Å². The summed E-state index contributed by atoms with van der Waals surface area (Å²) < 4.78 is 2.98. The molecule has 0 aromatic carbocycles. The molecule has 3 aromatic rings. The Morgan fingerprint density at radius 3 is 1.18 bits per heavy atom. The molecule has 0 spiro atoms. The number of aryl methyl sites for hydroxylation is 4. The zero-order chi connectivity index (χ0) is 32.4. The van der Waals surface area contributed by atoms with E-state index in [9.17, 15) is 19.8 Å². The summed E-state index contributed by atoms with van der Waals surface area (Å²) in [5, 5.41) is 19.1. The molecule has 8 nitrogen and oxygen atoms in total. The van der Waals surface area contributed by atoms with Gasteiger partial charge in [0.2, 0.25) is 0 Å². The van der Waals surface area contributed by atoms with E-state index in [1.54, 1.807) is 0 Å². The molecule has 0 saturated carbocycles. The van der Waals surface area contributed by atoms with Crippen LogP contribution in [0.5, 0.6) is 0 Å². The molecule has 3 aromatic heterocycles. The number of halogens is 4. The van der Waals surface area contributed by atoms with E-state index in [0.717, 1.165) is 103 Å². The third-order valence-electron chi connectivity index (χ3n) is 8.64. The van der Waals surface area contributed by atoms with E-state index in [-0.39, 0.29) is 12.8 Å². The molecule has 2 aliphatic heterocycles. The van der Waals surface area contributed by atoms with E-state index in [1.807, 2.05) is 41.5 Å². The van der Waals surface area contributed by atoms with Gasteiger partial charge in [0.05, 0.1) is 62.7 Å². The summed E-state index contributed by atoms with van der Waals surface area (Å²) >= 11 is 15.4. The second kappa shape index (κ2) is 12.3. The molecule has 0 atom stereocenters. The van der Waals surface area contributed by atoms with E-state index in [4.69, 9.17) is 9.97 Å². The number of aromatic nitrogens is 4.